The van der Waals surface area contributed by atoms with Crippen LogP contribution < -0.4 is 4.68 Å². The molecule has 1 N–H and O–H groups in total. The second-order valence-corrected chi connectivity index (χ2v) is 8.39. The Hall–Kier alpha value is -1.25. The Bertz CT molecular complexity index is 943. The second kappa shape index (κ2) is 7.05. The Morgan fingerprint density at radius 2 is 1.96 bits per heavy atom. The van der Waals surface area contributed by atoms with Gasteiger partial charge >= 0.3 is 0 Å². The number of fused-ring (bicyclic) bond motifs is 2. The average molecular weight is 464 g/mol. The van der Waals surface area contributed by atoms with E-state index in [9.17, 15) is 0 Å². The van der Waals surface area contributed by atoms with Crippen LogP contribution in [0.3, 0.4) is 0 Å². The SMILES string of the molecule is Ic1c(C2CCOCC2)ncc2cc3c(c[nH][n+]3C3CCCCO3)cc12. The third kappa shape index (κ3) is 2.92. The summed E-state index contributed by atoms with van der Waals surface area (Å²) in [5.41, 5.74) is 2.43. The summed E-state index contributed by atoms with van der Waals surface area (Å²) in [7, 11) is 0. The zero-order valence-corrected chi connectivity index (χ0v) is 16.9. The predicted molar refractivity (Wildman–Crippen MR) is 108 cm³/mol. The Morgan fingerprint density at radius 3 is 2.77 bits per heavy atom. The zero-order chi connectivity index (χ0) is 17.5. The molecular weight excluding hydrogens is 441 g/mol. The molecule has 5 rings (SSSR count). The van der Waals surface area contributed by atoms with Crippen LogP contribution in [0.25, 0.3) is 21.7 Å². The molecule has 4 heterocycles. The van der Waals surface area contributed by atoms with Gasteiger partial charge in [0.05, 0.1) is 23.9 Å². The van der Waals surface area contributed by atoms with Crippen LogP contribution in [0.1, 0.15) is 49.9 Å². The highest BCUT2D eigenvalue weighted by Gasteiger charge is 2.28. The molecular formula is C20H23IN3O2+. The van der Waals surface area contributed by atoms with E-state index in [-0.39, 0.29) is 6.23 Å². The van der Waals surface area contributed by atoms with Crippen LogP contribution in [0.15, 0.2) is 24.5 Å². The van der Waals surface area contributed by atoms with Crippen LogP contribution in [0.2, 0.25) is 0 Å². The molecule has 26 heavy (non-hydrogen) atoms. The van der Waals surface area contributed by atoms with Crippen molar-refractivity contribution in [1.82, 2.24) is 10.1 Å². The van der Waals surface area contributed by atoms with E-state index in [1.165, 1.54) is 37.4 Å². The van der Waals surface area contributed by atoms with Gasteiger partial charge in [0.25, 0.3) is 6.23 Å². The summed E-state index contributed by atoms with van der Waals surface area (Å²) in [5, 5.41) is 7.13. The summed E-state index contributed by atoms with van der Waals surface area (Å²) in [6.07, 6.45) is 9.84. The molecule has 1 aromatic carbocycles. The fourth-order valence-electron chi connectivity index (χ4n) is 4.21. The fourth-order valence-corrected chi connectivity index (χ4v) is 5.25. The number of halogens is 1. The van der Waals surface area contributed by atoms with E-state index in [4.69, 9.17) is 14.5 Å². The summed E-state index contributed by atoms with van der Waals surface area (Å²) in [4.78, 5) is 4.85. The summed E-state index contributed by atoms with van der Waals surface area (Å²) in [5.74, 6) is 0.516. The van der Waals surface area contributed by atoms with Crippen molar-refractivity contribution in [2.45, 2.75) is 44.2 Å². The Balaban J connectivity index is 1.59. The van der Waals surface area contributed by atoms with Crippen LogP contribution in [0.4, 0.5) is 0 Å². The summed E-state index contributed by atoms with van der Waals surface area (Å²) in [6.45, 7) is 2.54. The lowest BCUT2D eigenvalue weighted by Gasteiger charge is -2.23. The molecule has 1 unspecified atom stereocenters. The Kier molecular flexibility index (Phi) is 4.58. The molecule has 0 bridgehead atoms. The maximum Gasteiger partial charge on any atom is 0.286 e. The minimum Gasteiger partial charge on any atom is -0.381 e. The molecule has 0 saturated carbocycles. The van der Waals surface area contributed by atoms with E-state index in [2.05, 4.69) is 50.7 Å². The van der Waals surface area contributed by atoms with Gasteiger partial charge in [0, 0.05) is 46.8 Å². The molecule has 2 aromatic heterocycles. The quantitative estimate of drug-likeness (QED) is 0.457. The highest BCUT2D eigenvalue weighted by molar-refractivity contribution is 14.1. The van der Waals surface area contributed by atoms with Crippen molar-refractivity contribution in [3.63, 3.8) is 0 Å². The highest BCUT2D eigenvalue weighted by atomic mass is 127. The van der Waals surface area contributed by atoms with Crippen LogP contribution in [-0.2, 0) is 9.47 Å². The molecule has 2 aliphatic rings. The monoisotopic (exact) mass is 464 g/mol. The number of nitrogens with zero attached hydrogens (tertiary/aromatic N) is 2. The van der Waals surface area contributed by atoms with E-state index >= 15 is 0 Å². The van der Waals surface area contributed by atoms with Crippen molar-refractivity contribution in [3.8, 4) is 0 Å². The second-order valence-electron chi connectivity index (χ2n) is 7.31. The number of aromatic amines is 1. The van der Waals surface area contributed by atoms with E-state index in [1.807, 2.05) is 6.20 Å². The van der Waals surface area contributed by atoms with Crippen LogP contribution in [-0.4, -0.2) is 29.9 Å². The van der Waals surface area contributed by atoms with Crippen molar-refractivity contribution in [2.75, 3.05) is 19.8 Å². The molecule has 2 saturated heterocycles. The molecule has 0 aliphatic carbocycles. The smallest absolute Gasteiger partial charge is 0.286 e. The number of nitrogens with one attached hydrogen (secondary N) is 1. The minimum absolute atomic E-state index is 0.118. The summed E-state index contributed by atoms with van der Waals surface area (Å²) < 4.78 is 14.9. The topological polar surface area (TPSA) is 51.0 Å². The van der Waals surface area contributed by atoms with Gasteiger partial charge in [0.2, 0.25) is 5.52 Å². The number of benzene rings is 1. The van der Waals surface area contributed by atoms with Gasteiger partial charge in [-0.3, -0.25) is 4.98 Å². The number of ether oxygens (including phenoxy) is 2. The Labute approximate surface area is 166 Å². The maximum absolute atomic E-state index is 5.97. The van der Waals surface area contributed by atoms with Crippen molar-refractivity contribution in [1.29, 1.82) is 0 Å². The van der Waals surface area contributed by atoms with E-state index < -0.39 is 0 Å². The van der Waals surface area contributed by atoms with Crippen LogP contribution in [0.5, 0.6) is 0 Å². The normalized spacial score (nSPS) is 22.3. The number of rotatable bonds is 2. The largest absolute Gasteiger partial charge is 0.381 e. The molecule has 5 nitrogen and oxygen atoms in total. The third-order valence-electron chi connectivity index (χ3n) is 5.67. The standard InChI is InChI=1S/C20H22IN3O2/c21-19-16-9-15-12-23-24(18-3-1-2-6-26-18)17(15)10-14(16)11-22-20(19)13-4-7-25-8-5-13/h9-13,18H,1-8H2/p+1. The summed E-state index contributed by atoms with van der Waals surface area (Å²) >= 11 is 2.48. The zero-order valence-electron chi connectivity index (χ0n) is 14.7. The highest BCUT2D eigenvalue weighted by Crippen LogP contribution is 2.34. The van der Waals surface area contributed by atoms with Gasteiger partial charge < -0.3 is 9.47 Å². The van der Waals surface area contributed by atoms with Crippen molar-refractivity contribution < 1.29 is 14.2 Å². The third-order valence-corrected chi connectivity index (χ3v) is 6.81. The van der Waals surface area contributed by atoms with E-state index in [0.717, 1.165) is 45.5 Å². The number of aromatic nitrogens is 3. The van der Waals surface area contributed by atoms with E-state index in [1.54, 1.807) is 0 Å². The van der Waals surface area contributed by atoms with Gasteiger partial charge in [0.1, 0.15) is 0 Å². The van der Waals surface area contributed by atoms with Gasteiger partial charge in [-0.05, 0) is 59.7 Å². The molecule has 1 atom stereocenters. The molecule has 2 aliphatic heterocycles. The van der Waals surface area contributed by atoms with E-state index in [0.29, 0.717) is 5.92 Å². The maximum atomic E-state index is 5.97. The molecule has 0 amide bonds. The average Bonchev–Trinajstić information content (AvgIpc) is 3.11. The number of H-pyrrole nitrogens is 1. The molecule has 0 radical (unpaired) electrons. The van der Waals surface area contributed by atoms with Gasteiger partial charge in [-0.1, -0.05) is 4.68 Å². The first kappa shape index (κ1) is 16.9. The first-order valence-corrected chi connectivity index (χ1v) is 10.6. The van der Waals surface area contributed by atoms with Gasteiger partial charge in [0.15, 0.2) is 0 Å². The summed E-state index contributed by atoms with van der Waals surface area (Å²) in [6, 6.07) is 4.55. The van der Waals surface area contributed by atoms with Crippen molar-refractivity contribution in [3.05, 3.63) is 33.8 Å². The lowest BCUT2D eigenvalue weighted by molar-refractivity contribution is -0.790. The number of hydrogen-bond donors (Lipinski definition) is 1. The minimum atomic E-state index is 0.118. The first-order valence-electron chi connectivity index (χ1n) is 9.51. The Morgan fingerprint density at radius 1 is 1.08 bits per heavy atom. The van der Waals surface area contributed by atoms with Gasteiger partial charge in [-0.15, -0.1) is 0 Å². The number of hydrogen-bond acceptors (Lipinski definition) is 3. The number of pyridine rings is 1. The molecule has 0 spiro atoms. The lowest BCUT2D eigenvalue weighted by Crippen LogP contribution is -2.44. The first-order chi connectivity index (χ1) is 12.8. The van der Waals surface area contributed by atoms with Crippen LogP contribution >= 0.6 is 22.6 Å². The predicted octanol–water partition coefficient (Wildman–Crippen LogP) is 4.20. The van der Waals surface area contributed by atoms with Crippen molar-refractivity contribution >= 4 is 44.3 Å². The van der Waals surface area contributed by atoms with Gasteiger partial charge in [-0.2, -0.15) is 5.10 Å². The van der Waals surface area contributed by atoms with Crippen LogP contribution in [0, 0.1) is 3.57 Å². The van der Waals surface area contributed by atoms with Crippen molar-refractivity contribution in [2.24, 2.45) is 0 Å². The fraction of sp³-hybridized carbons (Fsp3) is 0.500. The molecule has 3 aromatic rings. The van der Waals surface area contributed by atoms with Gasteiger partial charge in [-0.25, -0.2) is 0 Å². The molecule has 136 valence electrons. The lowest BCUT2D eigenvalue weighted by atomic mass is 9.94. The molecule has 2 fully saturated rings. The molecule has 6 heteroatoms.